The quantitative estimate of drug-likeness (QED) is 0.849. The molecule has 0 saturated carbocycles. The Morgan fingerprint density at radius 2 is 1.71 bits per heavy atom. The molecule has 2 rings (SSSR count). The molecule has 21 heavy (non-hydrogen) atoms. The van der Waals surface area contributed by atoms with Crippen molar-refractivity contribution in [1.29, 1.82) is 0 Å². The highest BCUT2D eigenvalue weighted by atomic mass is 16.4. The fourth-order valence-corrected chi connectivity index (χ4v) is 3.34. The van der Waals surface area contributed by atoms with Crippen LogP contribution in [0.3, 0.4) is 0 Å². The molecule has 6 heteroatoms. The average Bonchev–Trinajstić information content (AvgIpc) is 2.93. The number of likely N-dealkylation sites (tertiary alicyclic amines) is 1. The summed E-state index contributed by atoms with van der Waals surface area (Å²) in [5.41, 5.74) is -0.777. The molecule has 0 aliphatic carbocycles. The number of rotatable bonds is 3. The van der Waals surface area contributed by atoms with Crippen LogP contribution in [0.2, 0.25) is 0 Å². The van der Waals surface area contributed by atoms with Crippen molar-refractivity contribution in [3.8, 4) is 0 Å². The lowest BCUT2D eigenvalue weighted by molar-refractivity contribution is -0.150. The zero-order valence-electron chi connectivity index (χ0n) is 13.3. The summed E-state index contributed by atoms with van der Waals surface area (Å²) in [6, 6.07) is 0.00882. The second-order valence-electron chi connectivity index (χ2n) is 6.49. The molecular weight excluding hydrogens is 270 g/mol. The molecule has 2 fully saturated rings. The number of nitrogens with zero attached hydrogens (tertiary/aromatic N) is 3. The first-order valence-electron chi connectivity index (χ1n) is 7.90. The maximum absolute atomic E-state index is 12.6. The third kappa shape index (κ3) is 3.00. The van der Waals surface area contributed by atoms with Gasteiger partial charge >= 0.3 is 12.0 Å². The summed E-state index contributed by atoms with van der Waals surface area (Å²) in [6.45, 7) is 11.2. The molecule has 0 aromatic rings. The molecule has 0 bridgehead atoms. The van der Waals surface area contributed by atoms with Crippen LogP contribution in [-0.4, -0.2) is 77.6 Å². The molecule has 2 amide bonds. The van der Waals surface area contributed by atoms with Gasteiger partial charge in [-0.3, -0.25) is 4.79 Å². The number of carboxylic acid groups (broad SMARTS) is 1. The Labute approximate surface area is 126 Å². The maximum atomic E-state index is 12.6. The van der Waals surface area contributed by atoms with Gasteiger partial charge in [0.25, 0.3) is 0 Å². The second-order valence-corrected chi connectivity index (χ2v) is 6.49. The lowest BCUT2D eigenvalue weighted by Gasteiger charge is -2.36. The first kappa shape index (κ1) is 16.1. The molecule has 1 atom stereocenters. The van der Waals surface area contributed by atoms with Crippen LogP contribution in [0.15, 0.2) is 0 Å². The topological polar surface area (TPSA) is 64.1 Å². The number of urea groups is 1. The summed E-state index contributed by atoms with van der Waals surface area (Å²) in [5, 5.41) is 9.55. The van der Waals surface area contributed by atoms with Crippen molar-refractivity contribution in [2.45, 2.75) is 27.2 Å². The fraction of sp³-hybridized carbons (Fsp3) is 0.867. The smallest absolute Gasteiger partial charge is 0.320 e. The summed E-state index contributed by atoms with van der Waals surface area (Å²) in [7, 11) is 0. The SMILES string of the molecule is CCN1CCN(C(=O)N2CCC(C(=O)O)(C(C)C)C2)CC1. The maximum Gasteiger partial charge on any atom is 0.320 e. The van der Waals surface area contributed by atoms with Gasteiger partial charge in [-0.25, -0.2) is 4.79 Å². The normalized spacial score (nSPS) is 27.4. The Morgan fingerprint density at radius 3 is 2.14 bits per heavy atom. The van der Waals surface area contributed by atoms with Gasteiger partial charge in [0.1, 0.15) is 0 Å². The van der Waals surface area contributed by atoms with Gasteiger partial charge in [-0.15, -0.1) is 0 Å². The third-order valence-electron chi connectivity index (χ3n) is 5.19. The highest BCUT2D eigenvalue weighted by molar-refractivity contribution is 5.80. The van der Waals surface area contributed by atoms with Crippen LogP contribution in [0.25, 0.3) is 0 Å². The van der Waals surface area contributed by atoms with Crippen molar-refractivity contribution in [3.63, 3.8) is 0 Å². The van der Waals surface area contributed by atoms with Gasteiger partial charge in [-0.1, -0.05) is 20.8 Å². The molecule has 0 aromatic carbocycles. The van der Waals surface area contributed by atoms with Crippen molar-refractivity contribution in [2.75, 3.05) is 45.8 Å². The summed E-state index contributed by atoms with van der Waals surface area (Å²) < 4.78 is 0. The average molecular weight is 297 g/mol. The van der Waals surface area contributed by atoms with Crippen LogP contribution < -0.4 is 0 Å². The van der Waals surface area contributed by atoms with Crippen LogP contribution in [-0.2, 0) is 4.79 Å². The van der Waals surface area contributed by atoms with E-state index in [1.54, 1.807) is 4.90 Å². The van der Waals surface area contributed by atoms with Crippen molar-refractivity contribution >= 4 is 12.0 Å². The largest absolute Gasteiger partial charge is 0.481 e. The van der Waals surface area contributed by atoms with E-state index in [-0.39, 0.29) is 11.9 Å². The number of aliphatic carboxylic acids is 1. The van der Waals surface area contributed by atoms with Gasteiger partial charge in [-0.2, -0.15) is 0 Å². The van der Waals surface area contributed by atoms with E-state index in [2.05, 4.69) is 11.8 Å². The van der Waals surface area contributed by atoms with Gasteiger partial charge in [0.15, 0.2) is 0 Å². The Balaban J connectivity index is 1.98. The molecule has 2 saturated heterocycles. The molecule has 1 N–H and O–H groups in total. The minimum Gasteiger partial charge on any atom is -0.481 e. The lowest BCUT2D eigenvalue weighted by atomic mass is 9.76. The standard InChI is InChI=1S/C15H27N3O3/c1-4-16-7-9-17(10-8-16)14(21)18-6-5-15(11-18,12(2)3)13(19)20/h12H,4-11H2,1-3H3,(H,19,20). The number of hydrogen-bond acceptors (Lipinski definition) is 3. The molecule has 0 spiro atoms. The summed E-state index contributed by atoms with van der Waals surface area (Å²) >= 11 is 0. The highest BCUT2D eigenvalue weighted by Gasteiger charge is 2.49. The monoisotopic (exact) mass is 297 g/mol. The molecule has 1 unspecified atom stereocenters. The minimum absolute atomic E-state index is 0.00882. The minimum atomic E-state index is -0.777. The lowest BCUT2D eigenvalue weighted by Crippen LogP contribution is -2.53. The van der Waals surface area contributed by atoms with Crippen LogP contribution in [0.5, 0.6) is 0 Å². The van der Waals surface area contributed by atoms with Gasteiger partial charge in [0.05, 0.1) is 5.41 Å². The first-order valence-corrected chi connectivity index (χ1v) is 7.90. The number of carboxylic acids is 1. The Bertz CT molecular complexity index is 405. The van der Waals surface area contributed by atoms with E-state index >= 15 is 0 Å². The molecule has 2 aliphatic rings. The summed E-state index contributed by atoms with van der Waals surface area (Å²) in [5.74, 6) is -0.742. The zero-order valence-corrected chi connectivity index (χ0v) is 13.3. The van der Waals surface area contributed by atoms with E-state index < -0.39 is 11.4 Å². The molecule has 120 valence electrons. The van der Waals surface area contributed by atoms with Gasteiger partial charge in [0, 0.05) is 39.3 Å². The van der Waals surface area contributed by atoms with Crippen molar-refractivity contribution in [1.82, 2.24) is 14.7 Å². The molecule has 0 aromatic heterocycles. The Morgan fingerprint density at radius 1 is 1.10 bits per heavy atom. The second kappa shape index (κ2) is 6.22. The molecular formula is C15H27N3O3. The van der Waals surface area contributed by atoms with Crippen molar-refractivity contribution < 1.29 is 14.7 Å². The van der Waals surface area contributed by atoms with E-state index in [1.165, 1.54) is 0 Å². The van der Waals surface area contributed by atoms with Crippen LogP contribution in [0.1, 0.15) is 27.2 Å². The zero-order chi connectivity index (χ0) is 15.6. The summed E-state index contributed by atoms with van der Waals surface area (Å²) in [6.07, 6.45) is 0.556. The van der Waals surface area contributed by atoms with E-state index in [0.717, 1.165) is 32.7 Å². The molecule has 2 heterocycles. The van der Waals surface area contributed by atoms with E-state index in [1.807, 2.05) is 18.7 Å². The van der Waals surface area contributed by atoms with Crippen LogP contribution in [0, 0.1) is 11.3 Å². The number of amides is 2. The van der Waals surface area contributed by atoms with Crippen LogP contribution >= 0.6 is 0 Å². The van der Waals surface area contributed by atoms with Crippen molar-refractivity contribution in [2.24, 2.45) is 11.3 Å². The van der Waals surface area contributed by atoms with Crippen molar-refractivity contribution in [3.05, 3.63) is 0 Å². The Kier molecular flexibility index (Phi) is 4.76. The Hall–Kier alpha value is -1.30. The number of piperazine rings is 1. The predicted molar refractivity (Wildman–Crippen MR) is 80.2 cm³/mol. The van der Waals surface area contributed by atoms with Gasteiger partial charge in [0.2, 0.25) is 0 Å². The van der Waals surface area contributed by atoms with Crippen LogP contribution in [0.4, 0.5) is 4.79 Å². The number of carbonyl (C=O) groups excluding carboxylic acids is 1. The molecule has 6 nitrogen and oxygen atoms in total. The van der Waals surface area contributed by atoms with E-state index in [9.17, 15) is 14.7 Å². The predicted octanol–water partition coefficient (Wildman–Crippen LogP) is 1.18. The van der Waals surface area contributed by atoms with E-state index in [4.69, 9.17) is 0 Å². The third-order valence-corrected chi connectivity index (χ3v) is 5.19. The molecule has 0 radical (unpaired) electrons. The fourth-order valence-electron chi connectivity index (χ4n) is 3.34. The molecule has 2 aliphatic heterocycles. The van der Waals surface area contributed by atoms with Gasteiger partial charge in [-0.05, 0) is 18.9 Å². The number of hydrogen-bond donors (Lipinski definition) is 1. The van der Waals surface area contributed by atoms with Gasteiger partial charge < -0.3 is 19.8 Å². The first-order chi connectivity index (χ1) is 9.90. The van der Waals surface area contributed by atoms with E-state index in [0.29, 0.717) is 19.5 Å². The summed E-state index contributed by atoms with van der Waals surface area (Å²) in [4.78, 5) is 30.1. The number of carbonyl (C=O) groups is 2. The number of likely N-dealkylation sites (N-methyl/N-ethyl adjacent to an activating group) is 1. The highest BCUT2D eigenvalue weighted by Crippen LogP contribution is 2.38.